The highest BCUT2D eigenvalue weighted by Crippen LogP contribution is 2.24. The number of halogens is 2. The van der Waals surface area contributed by atoms with Crippen molar-refractivity contribution in [3.05, 3.63) is 41.9 Å². The molecule has 2 aromatic rings. The molecule has 1 aromatic heterocycles. The van der Waals surface area contributed by atoms with E-state index in [0.29, 0.717) is 18.9 Å². The molecule has 1 saturated heterocycles. The lowest BCUT2D eigenvalue weighted by molar-refractivity contribution is -0.121. The van der Waals surface area contributed by atoms with Crippen LogP contribution in [0, 0.1) is 11.6 Å². The predicted molar refractivity (Wildman–Crippen MR) is 97.1 cm³/mol. The zero-order valence-corrected chi connectivity index (χ0v) is 15.1. The molecule has 0 bridgehead atoms. The van der Waals surface area contributed by atoms with Gasteiger partial charge in [-0.2, -0.15) is 0 Å². The van der Waals surface area contributed by atoms with Crippen molar-refractivity contribution in [2.75, 3.05) is 39.3 Å². The number of hydrogen-bond acceptors (Lipinski definition) is 5. The molecule has 1 amide bonds. The summed E-state index contributed by atoms with van der Waals surface area (Å²) in [7, 11) is 0. The minimum absolute atomic E-state index is 0.0666. The summed E-state index contributed by atoms with van der Waals surface area (Å²) >= 11 is 0. The van der Waals surface area contributed by atoms with E-state index in [1.54, 1.807) is 0 Å². The van der Waals surface area contributed by atoms with Crippen LogP contribution in [0.15, 0.2) is 28.8 Å². The van der Waals surface area contributed by atoms with Gasteiger partial charge in [0.05, 0.1) is 11.8 Å². The van der Waals surface area contributed by atoms with E-state index in [4.69, 9.17) is 4.42 Å². The van der Waals surface area contributed by atoms with E-state index in [9.17, 15) is 13.6 Å². The standard InChI is InChI=1S/C19H24F2N4O2/c20-14-2-3-15(16(21)12-14)17-13-24-19(27-17)5-4-18(26)23-6-1-9-25-10-7-22-8-11-25/h2-3,12-13,22H,1,4-11H2,(H,23,26). The number of amides is 1. The van der Waals surface area contributed by atoms with Crippen LogP contribution in [0.1, 0.15) is 18.7 Å². The average molecular weight is 378 g/mol. The van der Waals surface area contributed by atoms with Gasteiger partial charge in [-0.05, 0) is 25.1 Å². The van der Waals surface area contributed by atoms with Gasteiger partial charge in [0.2, 0.25) is 5.91 Å². The van der Waals surface area contributed by atoms with Crippen LogP contribution in [0.2, 0.25) is 0 Å². The monoisotopic (exact) mass is 378 g/mol. The van der Waals surface area contributed by atoms with E-state index < -0.39 is 11.6 Å². The first-order chi connectivity index (χ1) is 13.1. The number of hydrogen-bond donors (Lipinski definition) is 2. The van der Waals surface area contributed by atoms with Crippen molar-refractivity contribution in [3.63, 3.8) is 0 Å². The zero-order chi connectivity index (χ0) is 19.1. The molecular weight excluding hydrogens is 354 g/mol. The zero-order valence-electron chi connectivity index (χ0n) is 15.1. The summed E-state index contributed by atoms with van der Waals surface area (Å²) < 4.78 is 32.2. The van der Waals surface area contributed by atoms with Crippen LogP contribution in [-0.2, 0) is 11.2 Å². The van der Waals surface area contributed by atoms with E-state index in [0.717, 1.165) is 51.3 Å². The number of piperazine rings is 1. The molecule has 3 rings (SSSR count). The van der Waals surface area contributed by atoms with Gasteiger partial charge in [-0.25, -0.2) is 13.8 Å². The molecule has 27 heavy (non-hydrogen) atoms. The quantitative estimate of drug-likeness (QED) is 0.688. The number of carbonyl (C=O) groups is 1. The maximum Gasteiger partial charge on any atom is 0.220 e. The Balaban J connectivity index is 1.38. The Hall–Kier alpha value is -2.32. The molecular formula is C19H24F2N4O2. The van der Waals surface area contributed by atoms with Crippen molar-refractivity contribution in [1.82, 2.24) is 20.5 Å². The van der Waals surface area contributed by atoms with Crippen LogP contribution in [-0.4, -0.2) is 55.1 Å². The average Bonchev–Trinajstić information content (AvgIpc) is 3.13. The normalized spacial score (nSPS) is 15.0. The predicted octanol–water partition coefficient (Wildman–Crippen LogP) is 1.96. The summed E-state index contributed by atoms with van der Waals surface area (Å²) in [4.78, 5) is 18.4. The first-order valence-electron chi connectivity index (χ1n) is 9.22. The summed E-state index contributed by atoms with van der Waals surface area (Å²) in [6.45, 7) is 5.76. The van der Waals surface area contributed by atoms with Crippen LogP contribution in [0.25, 0.3) is 11.3 Å². The Bertz CT molecular complexity index is 760. The number of aryl methyl sites for hydroxylation is 1. The first kappa shape index (κ1) is 19.4. The van der Waals surface area contributed by atoms with Gasteiger partial charge in [-0.1, -0.05) is 0 Å². The van der Waals surface area contributed by atoms with Gasteiger partial charge in [0.25, 0.3) is 0 Å². The minimum atomic E-state index is -0.708. The molecule has 2 N–H and O–H groups in total. The summed E-state index contributed by atoms with van der Waals surface area (Å²) in [5.74, 6) is -0.851. The molecule has 1 aliphatic rings. The molecule has 0 unspecified atom stereocenters. The van der Waals surface area contributed by atoms with E-state index in [1.807, 2.05) is 0 Å². The van der Waals surface area contributed by atoms with Crippen molar-refractivity contribution in [3.8, 4) is 11.3 Å². The Labute approximate surface area is 156 Å². The van der Waals surface area contributed by atoms with Gasteiger partial charge in [0.1, 0.15) is 11.6 Å². The Kier molecular flexibility index (Phi) is 6.89. The molecule has 6 nitrogen and oxygen atoms in total. The Morgan fingerprint density at radius 1 is 1.30 bits per heavy atom. The third-order valence-corrected chi connectivity index (χ3v) is 4.50. The summed E-state index contributed by atoms with van der Waals surface area (Å²) in [5.41, 5.74) is 0.146. The van der Waals surface area contributed by atoms with Gasteiger partial charge in [-0.15, -0.1) is 0 Å². The van der Waals surface area contributed by atoms with Crippen molar-refractivity contribution in [2.45, 2.75) is 19.3 Å². The second-order valence-electron chi connectivity index (χ2n) is 6.54. The molecule has 2 heterocycles. The fraction of sp³-hybridized carbons (Fsp3) is 0.474. The van der Waals surface area contributed by atoms with Crippen molar-refractivity contribution in [1.29, 1.82) is 0 Å². The number of nitrogens with one attached hydrogen (secondary N) is 2. The number of benzene rings is 1. The van der Waals surface area contributed by atoms with Gasteiger partial charge >= 0.3 is 0 Å². The van der Waals surface area contributed by atoms with Crippen LogP contribution >= 0.6 is 0 Å². The molecule has 146 valence electrons. The molecule has 1 fully saturated rings. The second kappa shape index (κ2) is 9.57. The first-order valence-corrected chi connectivity index (χ1v) is 9.22. The van der Waals surface area contributed by atoms with Crippen molar-refractivity contribution >= 4 is 5.91 Å². The molecule has 8 heteroatoms. The maximum atomic E-state index is 13.8. The molecule has 0 aliphatic carbocycles. The number of rotatable bonds is 8. The molecule has 0 atom stereocenters. The molecule has 0 saturated carbocycles. The minimum Gasteiger partial charge on any atom is -0.441 e. The van der Waals surface area contributed by atoms with Crippen molar-refractivity contribution < 1.29 is 18.0 Å². The fourth-order valence-electron chi connectivity index (χ4n) is 3.01. The van der Waals surface area contributed by atoms with Gasteiger partial charge < -0.3 is 20.0 Å². The van der Waals surface area contributed by atoms with Crippen LogP contribution in [0.4, 0.5) is 8.78 Å². The summed E-state index contributed by atoms with van der Waals surface area (Å²) in [6, 6.07) is 3.26. The molecule has 1 aliphatic heterocycles. The third kappa shape index (κ3) is 5.83. The highest BCUT2D eigenvalue weighted by atomic mass is 19.1. The fourth-order valence-corrected chi connectivity index (χ4v) is 3.01. The van der Waals surface area contributed by atoms with Crippen LogP contribution in [0.5, 0.6) is 0 Å². The summed E-state index contributed by atoms with van der Waals surface area (Å²) in [6.07, 6.45) is 2.88. The maximum absolute atomic E-state index is 13.8. The lowest BCUT2D eigenvalue weighted by Crippen LogP contribution is -2.44. The van der Waals surface area contributed by atoms with Gasteiger partial charge in [0.15, 0.2) is 11.7 Å². The smallest absolute Gasteiger partial charge is 0.220 e. The lowest BCUT2D eigenvalue weighted by atomic mass is 10.2. The Morgan fingerprint density at radius 3 is 2.89 bits per heavy atom. The topological polar surface area (TPSA) is 70.4 Å². The molecule has 0 radical (unpaired) electrons. The number of oxazole rings is 1. The molecule has 1 aromatic carbocycles. The number of aromatic nitrogens is 1. The highest BCUT2D eigenvalue weighted by Gasteiger charge is 2.13. The van der Waals surface area contributed by atoms with Gasteiger partial charge in [0, 0.05) is 51.6 Å². The molecule has 0 spiro atoms. The van der Waals surface area contributed by atoms with E-state index in [2.05, 4.69) is 20.5 Å². The number of nitrogens with zero attached hydrogens (tertiary/aromatic N) is 2. The van der Waals surface area contributed by atoms with E-state index >= 15 is 0 Å². The van der Waals surface area contributed by atoms with E-state index in [1.165, 1.54) is 12.3 Å². The highest BCUT2D eigenvalue weighted by molar-refractivity contribution is 5.76. The van der Waals surface area contributed by atoms with E-state index in [-0.39, 0.29) is 23.7 Å². The largest absolute Gasteiger partial charge is 0.441 e. The van der Waals surface area contributed by atoms with Crippen molar-refractivity contribution in [2.24, 2.45) is 0 Å². The van der Waals surface area contributed by atoms with Crippen LogP contribution in [0.3, 0.4) is 0 Å². The number of carbonyl (C=O) groups excluding carboxylic acids is 1. The summed E-state index contributed by atoms with van der Waals surface area (Å²) in [5, 5.41) is 6.20. The second-order valence-corrected chi connectivity index (χ2v) is 6.54. The SMILES string of the molecule is O=C(CCc1ncc(-c2ccc(F)cc2F)o1)NCCCN1CCNCC1. The van der Waals surface area contributed by atoms with Crippen LogP contribution < -0.4 is 10.6 Å². The lowest BCUT2D eigenvalue weighted by Gasteiger charge is -2.27. The van der Waals surface area contributed by atoms with Gasteiger partial charge in [-0.3, -0.25) is 4.79 Å². The third-order valence-electron chi connectivity index (χ3n) is 4.50. The Morgan fingerprint density at radius 2 is 2.11 bits per heavy atom.